The average molecular weight is 371 g/mol. The number of aromatic nitrogens is 2. The lowest BCUT2D eigenvalue weighted by Gasteiger charge is -2.28. The molecule has 3 rings (SSSR count). The molecule has 26 heavy (non-hydrogen) atoms. The summed E-state index contributed by atoms with van der Waals surface area (Å²) in [7, 11) is 1.93. The van der Waals surface area contributed by atoms with Crippen molar-refractivity contribution in [2.45, 2.75) is 18.1 Å². The zero-order chi connectivity index (χ0) is 18.5. The van der Waals surface area contributed by atoms with Crippen LogP contribution in [-0.4, -0.2) is 33.8 Å². The Labute approximate surface area is 156 Å². The Morgan fingerprint density at radius 3 is 2.81 bits per heavy atom. The first-order valence-electron chi connectivity index (χ1n) is 8.28. The number of carbonyl (C=O) groups excluding carboxylic acids is 2. The molecule has 2 aromatic rings. The molecule has 1 aliphatic heterocycles. The monoisotopic (exact) mass is 371 g/mol. The van der Waals surface area contributed by atoms with Gasteiger partial charge in [0.1, 0.15) is 0 Å². The molecule has 2 heterocycles. The van der Waals surface area contributed by atoms with Gasteiger partial charge in [0, 0.05) is 37.4 Å². The number of allylic oxidation sites excluding steroid dienone is 1. The van der Waals surface area contributed by atoms with E-state index in [0.717, 1.165) is 10.7 Å². The molecule has 3 amide bonds. The van der Waals surface area contributed by atoms with Crippen LogP contribution in [0.3, 0.4) is 0 Å². The summed E-state index contributed by atoms with van der Waals surface area (Å²) in [6, 6.07) is 8.69. The number of amides is 3. The second-order valence-electron chi connectivity index (χ2n) is 5.91. The summed E-state index contributed by atoms with van der Waals surface area (Å²) >= 11 is 1.58. The van der Waals surface area contributed by atoms with Crippen LogP contribution in [0.4, 0.5) is 4.79 Å². The maximum Gasteiger partial charge on any atom is 0.319 e. The van der Waals surface area contributed by atoms with Crippen LogP contribution in [0.1, 0.15) is 18.5 Å². The molecule has 136 valence electrons. The Kier molecular flexibility index (Phi) is 5.62. The van der Waals surface area contributed by atoms with E-state index in [1.54, 1.807) is 24.9 Å². The molecule has 1 aromatic heterocycles. The van der Waals surface area contributed by atoms with E-state index >= 15 is 0 Å². The largest absolute Gasteiger partial charge is 0.351 e. The fourth-order valence-electron chi connectivity index (χ4n) is 2.78. The molecule has 0 spiro atoms. The van der Waals surface area contributed by atoms with E-state index in [4.69, 9.17) is 0 Å². The zero-order valence-electron chi connectivity index (χ0n) is 14.7. The second kappa shape index (κ2) is 8.09. The first-order valence-corrected chi connectivity index (χ1v) is 9.26. The molecule has 1 aliphatic rings. The molecule has 7 nitrogen and oxygen atoms in total. The van der Waals surface area contributed by atoms with Crippen LogP contribution in [0.5, 0.6) is 0 Å². The molecule has 0 saturated heterocycles. The number of nitrogens with zero attached hydrogens (tertiary/aromatic N) is 2. The third-order valence-electron chi connectivity index (χ3n) is 4.04. The molecule has 0 radical (unpaired) electrons. The molecular formula is C18H21N5O2S. The molecule has 0 unspecified atom stereocenters. The average Bonchev–Trinajstić information content (AvgIpc) is 3.03. The summed E-state index contributed by atoms with van der Waals surface area (Å²) < 4.78 is 1.94. The number of thioether (sulfide) groups is 1. The van der Waals surface area contributed by atoms with Crippen LogP contribution >= 0.6 is 11.8 Å². The van der Waals surface area contributed by atoms with Crippen LogP contribution < -0.4 is 16.0 Å². The van der Waals surface area contributed by atoms with E-state index in [0.29, 0.717) is 23.6 Å². The highest BCUT2D eigenvalue weighted by atomic mass is 32.2. The van der Waals surface area contributed by atoms with E-state index in [-0.39, 0.29) is 11.9 Å². The minimum atomic E-state index is -0.466. The Balaban J connectivity index is 1.66. The summed E-state index contributed by atoms with van der Waals surface area (Å²) in [5.74, 6) is 0.517. The maximum atomic E-state index is 12.7. The SMILES string of the molecule is CC1=C(C(=O)NCCSc2nccn2C)[C@H](c2ccccc2)NC(=O)N1. The number of nitrogens with one attached hydrogen (secondary N) is 3. The van der Waals surface area contributed by atoms with Crippen LogP contribution in [0.2, 0.25) is 0 Å². The number of urea groups is 1. The van der Waals surface area contributed by atoms with Crippen LogP contribution in [-0.2, 0) is 11.8 Å². The summed E-state index contributed by atoms with van der Waals surface area (Å²) in [5, 5.41) is 9.35. The van der Waals surface area contributed by atoms with Crippen molar-refractivity contribution in [1.29, 1.82) is 0 Å². The summed E-state index contributed by atoms with van der Waals surface area (Å²) in [5.41, 5.74) is 1.96. The lowest BCUT2D eigenvalue weighted by Crippen LogP contribution is -2.47. The summed E-state index contributed by atoms with van der Waals surface area (Å²) in [6.07, 6.45) is 3.63. The minimum absolute atomic E-state index is 0.190. The number of hydrogen-bond acceptors (Lipinski definition) is 4. The quantitative estimate of drug-likeness (QED) is 0.535. The van der Waals surface area contributed by atoms with Gasteiger partial charge in [-0.25, -0.2) is 9.78 Å². The fourth-order valence-corrected chi connectivity index (χ4v) is 3.57. The van der Waals surface area contributed by atoms with Gasteiger partial charge in [0.25, 0.3) is 5.91 Å². The Bertz CT molecular complexity index is 831. The van der Waals surface area contributed by atoms with Gasteiger partial charge >= 0.3 is 6.03 Å². The van der Waals surface area contributed by atoms with Gasteiger partial charge in [0.05, 0.1) is 11.6 Å². The fraction of sp³-hybridized carbons (Fsp3) is 0.278. The van der Waals surface area contributed by atoms with Crippen LogP contribution in [0.25, 0.3) is 0 Å². The number of imidazole rings is 1. The van der Waals surface area contributed by atoms with Gasteiger partial charge in [0.15, 0.2) is 5.16 Å². The summed E-state index contributed by atoms with van der Waals surface area (Å²) in [6.45, 7) is 2.24. The van der Waals surface area contributed by atoms with Gasteiger partial charge in [0.2, 0.25) is 0 Å². The van der Waals surface area contributed by atoms with E-state index in [2.05, 4.69) is 20.9 Å². The Hall–Kier alpha value is -2.74. The smallest absolute Gasteiger partial charge is 0.319 e. The molecule has 8 heteroatoms. The standard InChI is InChI=1S/C18H21N5O2S/c1-12-14(15(22-17(25)21-12)13-6-4-3-5-7-13)16(24)19-9-11-26-18-20-8-10-23(18)2/h3-8,10,15H,9,11H2,1-2H3,(H,19,24)(H2,21,22,25)/t15-/m0/s1. The van der Waals surface area contributed by atoms with Gasteiger partial charge in [-0.05, 0) is 12.5 Å². The lowest BCUT2D eigenvalue weighted by atomic mass is 9.95. The lowest BCUT2D eigenvalue weighted by molar-refractivity contribution is -0.117. The highest BCUT2D eigenvalue weighted by Gasteiger charge is 2.30. The maximum absolute atomic E-state index is 12.7. The highest BCUT2D eigenvalue weighted by Crippen LogP contribution is 2.26. The molecule has 3 N–H and O–H groups in total. The highest BCUT2D eigenvalue weighted by molar-refractivity contribution is 7.99. The van der Waals surface area contributed by atoms with Gasteiger partial charge < -0.3 is 20.5 Å². The first kappa shape index (κ1) is 18.1. The second-order valence-corrected chi connectivity index (χ2v) is 6.97. The summed E-state index contributed by atoms with van der Waals surface area (Å²) in [4.78, 5) is 28.8. The van der Waals surface area contributed by atoms with E-state index < -0.39 is 6.04 Å². The van der Waals surface area contributed by atoms with E-state index in [1.807, 2.05) is 48.1 Å². The number of aryl methyl sites for hydroxylation is 1. The van der Waals surface area contributed by atoms with Gasteiger partial charge in [-0.15, -0.1) is 0 Å². The Morgan fingerprint density at radius 1 is 1.35 bits per heavy atom. The van der Waals surface area contributed by atoms with Crippen molar-refractivity contribution in [3.8, 4) is 0 Å². The zero-order valence-corrected chi connectivity index (χ0v) is 15.5. The van der Waals surface area contributed by atoms with E-state index in [9.17, 15) is 9.59 Å². The van der Waals surface area contributed by atoms with Crippen molar-refractivity contribution >= 4 is 23.7 Å². The van der Waals surface area contributed by atoms with Crippen molar-refractivity contribution in [1.82, 2.24) is 25.5 Å². The van der Waals surface area contributed by atoms with E-state index in [1.165, 1.54) is 0 Å². The van der Waals surface area contributed by atoms with Crippen molar-refractivity contribution < 1.29 is 9.59 Å². The predicted octanol–water partition coefficient (Wildman–Crippen LogP) is 1.96. The molecular weight excluding hydrogens is 350 g/mol. The van der Waals surface area contributed by atoms with Crippen molar-refractivity contribution in [2.24, 2.45) is 7.05 Å². The molecule has 0 aliphatic carbocycles. The number of rotatable bonds is 6. The van der Waals surface area contributed by atoms with Gasteiger partial charge in [-0.1, -0.05) is 42.1 Å². The number of carbonyl (C=O) groups is 2. The third kappa shape index (κ3) is 4.08. The van der Waals surface area contributed by atoms with Gasteiger partial charge in [-0.2, -0.15) is 0 Å². The van der Waals surface area contributed by atoms with Crippen molar-refractivity contribution in [3.05, 3.63) is 59.6 Å². The van der Waals surface area contributed by atoms with Crippen LogP contribution in [0.15, 0.2) is 59.2 Å². The molecule has 1 aromatic carbocycles. The molecule has 0 saturated carbocycles. The number of hydrogen-bond donors (Lipinski definition) is 3. The van der Waals surface area contributed by atoms with Crippen LogP contribution in [0, 0.1) is 0 Å². The van der Waals surface area contributed by atoms with Crippen molar-refractivity contribution in [3.63, 3.8) is 0 Å². The normalized spacial score (nSPS) is 16.8. The number of benzene rings is 1. The predicted molar refractivity (Wildman–Crippen MR) is 100 cm³/mol. The molecule has 1 atom stereocenters. The van der Waals surface area contributed by atoms with Gasteiger partial charge in [-0.3, -0.25) is 4.79 Å². The minimum Gasteiger partial charge on any atom is -0.351 e. The third-order valence-corrected chi connectivity index (χ3v) is 5.10. The molecule has 0 fully saturated rings. The molecule has 0 bridgehead atoms. The topological polar surface area (TPSA) is 88.1 Å². The van der Waals surface area contributed by atoms with Crippen molar-refractivity contribution in [2.75, 3.05) is 12.3 Å². The Morgan fingerprint density at radius 2 is 2.12 bits per heavy atom. The first-order chi connectivity index (χ1) is 12.6.